The molecule has 0 spiro atoms. The highest BCUT2D eigenvalue weighted by Gasteiger charge is 2.27. The lowest BCUT2D eigenvalue weighted by Crippen LogP contribution is -2.38. The molecule has 0 amide bonds. The van der Waals surface area contributed by atoms with Crippen molar-refractivity contribution in [2.45, 2.75) is 44.8 Å². The van der Waals surface area contributed by atoms with E-state index in [1.165, 1.54) is 12.8 Å². The van der Waals surface area contributed by atoms with Crippen LogP contribution in [0.15, 0.2) is 0 Å². The second-order valence-electron chi connectivity index (χ2n) is 3.63. The van der Waals surface area contributed by atoms with Gasteiger partial charge in [0, 0.05) is 6.54 Å². The molecule has 0 radical (unpaired) electrons. The van der Waals surface area contributed by atoms with Crippen LogP contribution < -0.4 is 5.73 Å². The molecule has 0 saturated carbocycles. The summed E-state index contributed by atoms with van der Waals surface area (Å²) in [7, 11) is 0. The van der Waals surface area contributed by atoms with Gasteiger partial charge in [0.1, 0.15) is 0 Å². The molecule has 1 atom stereocenters. The van der Waals surface area contributed by atoms with E-state index in [-0.39, 0.29) is 5.60 Å². The van der Waals surface area contributed by atoms with Crippen LogP contribution in [0, 0.1) is 0 Å². The van der Waals surface area contributed by atoms with Gasteiger partial charge in [0.15, 0.2) is 0 Å². The van der Waals surface area contributed by atoms with Crippen LogP contribution in [-0.4, -0.2) is 18.2 Å². The first-order valence-electron chi connectivity index (χ1n) is 4.02. The maximum Gasteiger partial charge on any atom is 0.0704 e. The molecule has 2 heteroatoms. The molecule has 1 fully saturated rings. The summed E-state index contributed by atoms with van der Waals surface area (Å²) in [6.07, 6.45) is 3.88. The minimum absolute atomic E-state index is 0.0717. The van der Waals surface area contributed by atoms with Crippen LogP contribution in [0.4, 0.5) is 0 Å². The molecule has 0 aliphatic carbocycles. The Hall–Kier alpha value is -0.0800. The fourth-order valence-electron chi connectivity index (χ4n) is 1.49. The summed E-state index contributed by atoms with van der Waals surface area (Å²) in [6.45, 7) is 4.94. The third-order valence-electron chi connectivity index (χ3n) is 2.05. The van der Waals surface area contributed by atoms with Crippen molar-refractivity contribution in [2.24, 2.45) is 5.73 Å². The summed E-state index contributed by atoms with van der Waals surface area (Å²) in [5, 5.41) is 0. The average Bonchev–Trinajstić information content (AvgIpc) is 1.86. The molecule has 60 valence electrons. The largest absolute Gasteiger partial charge is 0.371 e. The molecule has 1 aliphatic rings. The molecule has 2 nitrogen and oxygen atoms in total. The van der Waals surface area contributed by atoms with Crippen molar-refractivity contribution < 1.29 is 4.74 Å². The Morgan fingerprint density at radius 1 is 1.60 bits per heavy atom. The normalized spacial score (nSPS) is 32.1. The molecule has 0 unspecified atom stereocenters. The first-order chi connectivity index (χ1) is 4.64. The minimum atomic E-state index is 0.0717. The third kappa shape index (κ3) is 1.96. The Morgan fingerprint density at radius 3 is 2.70 bits per heavy atom. The van der Waals surface area contributed by atoms with Gasteiger partial charge in [-0.1, -0.05) is 0 Å². The molecule has 1 aliphatic heterocycles. The van der Waals surface area contributed by atoms with Gasteiger partial charge < -0.3 is 10.5 Å². The number of hydrogen-bond donors (Lipinski definition) is 1. The van der Waals surface area contributed by atoms with Crippen molar-refractivity contribution >= 4 is 0 Å². The highest BCUT2D eigenvalue weighted by atomic mass is 16.5. The molecule has 0 bridgehead atoms. The van der Waals surface area contributed by atoms with Crippen LogP contribution >= 0.6 is 0 Å². The van der Waals surface area contributed by atoms with Crippen molar-refractivity contribution in [2.75, 3.05) is 6.54 Å². The van der Waals surface area contributed by atoms with E-state index in [2.05, 4.69) is 13.8 Å². The summed E-state index contributed by atoms with van der Waals surface area (Å²) >= 11 is 0. The van der Waals surface area contributed by atoms with E-state index in [1.54, 1.807) is 0 Å². The Labute approximate surface area is 62.7 Å². The summed E-state index contributed by atoms with van der Waals surface area (Å²) in [5.74, 6) is 0. The summed E-state index contributed by atoms with van der Waals surface area (Å²) in [5.41, 5.74) is 5.57. The van der Waals surface area contributed by atoms with Gasteiger partial charge >= 0.3 is 0 Å². The van der Waals surface area contributed by atoms with Gasteiger partial charge in [-0.3, -0.25) is 0 Å². The smallest absolute Gasteiger partial charge is 0.0704 e. The highest BCUT2D eigenvalue weighted by Crippen LogP contribution is 2.26. The van der Waals surface area contributed by atoms with E-state index in [1.807, 2.05) is 0 Å². The topological polar surface area (TPSA) is 35.2 Å². The predicted octanol–water partition coefficient (Wildman–Crippen LogP) is 1.29. The van der Waals surface area contributed by atoms with Crippen molar-refractivity contribution in [1.29, 1.82) is 0 Å². The Balaban J connectivity index is 2.40. The SMILES string of the molecule is CC1(C)CCC[C@H](CN)O1. The van der Waals surface area contributed by atoms with Crippen LogP contribution in [0.2, 0.25) is 0 Å². The summed E-state index contributed by atoms with van der Waals surface area (Å²) in [4.78, 5) is 0. The zero-order valence-electron chi connectivity index (χ0n) is 6.89. The van der Waals surface area contributed by atoms with E-state index in [9.17, 15) is 0 Å². The molecule has 2 N–H and O–H groups in total. The van der Waals surface area contributed by atoms with Gasteiger partial charge in [0.25, 0.3) is 0 Å². The fraction of sp³-hybridized carbons (Fsp3) is 1.00. The highest BCUT2D eigenvalue weighted by molar-refractivity contribution is 4.77. The predicted molar refractivity (Wildman–Crippen MR) is 41.9 cm³/mol. The first kappa shape index (κ1) is 8.02. The van der Waals surface area contributed by atoms with Gasteiger partial charge in [0.2, 0.25) is 0 Å². The van der Waals surface area contributed by atoms with E-state index < -0.39 is 0 Å². The van der Waals surface area contributed by atoms with E-state index in [4.69, 9.17) is 10.5 Å². The minimum Gasteiger partial charge on any atom is -0.371 e. The molecular formula is C8H17NO. The van der Waals surface area contributed by atoms with Crippen LogP contribution in [0.5, 0.6) is 0 Å². The second kappa shape index (κ2) is 2.89. The van der Waals surface area contributed by atoms with E-state index in [0.717, 1.165) is 6.42 Å². The molecule has 1 heterocycles. The summed E-state index contributed by atoms with van der Waals surface area (Å²) < 4.78 is 5.70. The van der Waals surface area contributed by atoms with Crippen LogP contribution in [0.25, 0.3) is 0 Å². The van der Waals surface area contributed by atoms with Gasteiger partial charge in [0.05, 0.1) is 11.7 Å². The Kier molecular flexibility index (Phi) is 2.32. The lowest BCUT2D eigenvalue weighted by atomic mass is 9.95. The number of rotatable bonds is 1. The number of nitrogens with two attached hydrogens (primary N) is 1. The average molecular weight is 143 g/mol. The number of ether oxygens (including phenoxy) is 1. The standard InChI is InChI=1S/C8H17NO/c1-8(2)5-3-4-7(6-9)10-8/h7H,3-6,9H2,1-2H3/t7-/m1/s1. The van der Waals surface area contributed by atoms with E-state index in [0.29, 0.717) is 12.6 Å². The van der Waals surface area contributed by atoms with Crippen molar-refractivity contribution in [3.63, 3.8) is 0 Å². The van der Waals surface area contributed by atoms with Crippen molar-refractivity contribution in [3.8, 4) is 0 Å². The molecule has 1 rings (SSSR count). The summed E-state index contributed by atoms with van der Waals surface area (Å²) in [6, 6.07) is 0. The zero-order valence-corrected chi connectivity index (χ0v) is 6.89. The Morgan fingerprint density at radius 2 is 2.30 bits per heavy atom. The van der Waals surface area contributed by atoms with Gasteiger partial charge in [-0.2, -0.15) is 0 Å². The number of hydrogen-bond acceptors (Lipinski definition) is 2. The molecular weight excluding hydrogens is 126 g/mol. The second-order valence-corrected chi connectivity index (χ2v) is 3.63. The molecule has 0 aromatic heterocycles. The van der Waals surface area contributed by atoms with Crippen LogP contribution in [-0.2, 0) is 4.74 Å². The quantitative estimate of drug-likeness (QED) is 0.600. The van der Waals surface area contributed by atoms with Crippen LogP contribution in [0.3, 0.4) is 0 Å². The molecule has 1 saturated heterocycles. The Bertz CT molecular complexity index is 112. The van der Waals surface area contributed by atoms with Gasteiger partial charge in [-0.15, -0.1) is 0 Å². The lowest BCUT2D eigenvalue weighted by molar-refractivity contribution is -0.102. The fourth-order valence-corrected chi connectivity index (χ4v) is 1.49. The third-order valence-corrected chi connectivity index (χ3v) is 2.05. The maximum atomic E-state index is 5.70. The first-order valence-corrected chi connectivity index (χ1v) is 4.02. The maximum absolute atomic E-state index is 5.70. The van der Waals surface area contributed by atoms with Crippen molar-refractivity contribution in [1.82, 2.24) is 0 Å². The zero-order chi connectivity index (χ0) is 7.61. The monoisotopic (exact) mass is 143 g/mol. The van der Waals surface area contributed by atoms with Gasteiger partial charge in [-0.25, -0.2) is 0 Å². The molecule has 0 aromatic rings. The molecule has 10 heavy (non-hydrogen) atoms. The van der Waals surface area contributed by atoms with Gasteiger partial charge in [-0.05, 0) is 33.1 Å². The van der Waals surface area contributed by atoms with Crippen molar-refractivity contribution in [3.05, 3.63) is 0 Å². The molecule has 0 aromatic carbocycles. The van der Waals surface area contributed by atoms with Crippen LogP contribution in [0.1, 0.15) is 33.1 Å². The van der Waals surface area contributed by atoms with E-state index >= 15 is 0 Å². The lowest BCUT2D eigenvalue weighted by Gasteiger charge is -2.35.